The molecule has 1 fully saturated rings. The van der Waals surface area contributed by atoms with E-state index in [1.807, 2.05) is 25.1 Å². The number of hydrogen-bond donors (Lipinski definition) is 1. The van der Waals surface area contributed by atoms with E-state index in [0.29, 0.717) is 24.3 Å². The zero-order valence-corrected chi connectivity index (χ0v) is 17.0. The minimum atomic E-state index is -0.371. The third-order valence-electron chi connectivity index (χ3n) is 4.59. The van der Waals surface area contributed by atoms with Crippen molar-refractivity contribution in [2.45, 2.75) is 32.5 Å². The van der Waals surface area contributed by atoms with Gasteiger partial charge in [0.15, 0.2) is 6.29 Å². The summed E-state index contributed by atoms with van der Waals surface area (Å²) < 4.78 is 16.0. The van der Waals surface area contributed by atoms with Gasteiger partial charge in [0.05, 0.1) is 19.3 Å². The molecule has 6 nitrogen and oxygen atoms in total. The molecule has 7 heteroatoms. The van der Waals surface area contributed by atoms with Crippen molar-refractivity contribution >= 4 is 23.2 Å². The summed E-state index contributed by atoms with van der Waals surface area (Å²) in [6, 6.07) is 9.15. The first-order valence-corrected chi connectivity index (χ1v) is 10.2. The number of esters is 1. The average molecular weight is 404 g/mol. The Hall–Kier alpha value is -2.22. The van der Waals surface area contributed by atoms with Crippen molar-refractivity contribution in [2.24, 2.45) is 0 Å². The molecule has 2 heterocycles. The fraction of sp³-hybridized carbons (Fsp3) is 0.429. The van der Waals surface area contributed by atoms with Gasteiger partial charge in [0.1, 0.15) is 0 Å². The third-order valence-corrected chi connectivity index (χ3v) is 5.67. The van der Waals surface area contributed by atoms with Gasteiger partial charge < -0.3 is 19.5 Å². The molecule has 2 aromatic rings. The normalized spacial score (nSPS) is 16.6. The van der Waals surface area contributed by atoms with Gasteiger partial charge >= 0.3 is 5.97 Å². The number of carbonyl (C=O) groups is 2. The summed E-state index contributed by atoms with van der Waals surface area (Å²) in [4.78, 5) is 26.3. The number of nitrogens with one attached hydrogen (secondary N) is 1. The SMILES string of the molecule is COC(=O)c1cc(-c2ccccc2C(=O)NCCOC2CCCCO2)sc1C. The van der Waals surface area contributed by atoms with E-state index in [2.05, 4.69) is 5.32 Å². The largest absolute Gasteiger partial charge is 0.465 e. The Morgan fingerprint density at radius 2 is 2.07 bits per heavy atom. The number of thiophene rings is 1. The molecule has 1 N–H and O–H groups in total. The van der Waals surface area contributed by atoms with Crippen LogP contribution >= 0.6 is 11.3 Å². The summed E-state index contributed by atoms with van der Waals surface area (Å²) in [7, 11) is 1.36. The van der Waals surface area contributed by atoms with Crippen LogP contribution in [0.4, 0.5) is 0 Å². The Balaban J connectivity index is 1.64. The maximum absolute atomic E-state index is 12.7. The van der Waals surface area contributed by atoms with E-state index >= 15 is 0 Å². The lowest BCUT2D eigenvalue weighted by Gasteiger charge is -2.22. The second-order valence-corrected chi connectivity index (χ2v) is 7.80. The lowest BCUT2D eigenvalue weighted by atomic mass is 10.0. The topological polar surface area (TPSA) is 73.9 Å². The van der Waals surface area contributed by atoms with Crippen molar-refractivity contribution in [1.29, 1.82) is 0 Å². The van der Waals surface area contributed by atoms with Gasteiger partial charge in [-0.2, -0.15) is 0 Å². The first kappa shape index (κ1) is 20.5. The van der Waals surface area contributed by atoms with Crippen LogP contribution in [-0.2, 0) is 14.2 Å². The number of hydrogen-bond acceptors (Lipinski definition) is 6. The molecular weight excluding hydrogens is 378 g/mol. The molecule has 28 heavy (non-hydrogen) atoms. The molecule has 0 saturated carbocycles. The van der Waals surface area contributed by atoms with Gasteiger partial charge in [0.2, 0.25) is 0 Å². The van der Waals surface area contributed by atoms with Crippen LogP contribution in [0.3, 0.4) is 0 Å². The van der Waals surface area contributed by atoms with Gasteiger partial charge in [-0.25, -0.2) is 4.79 Å². The Morgan fingerprint density at radius 1 is 1.25 bits per heavy atom. The number of aryl methyl sites for hydroxylation is 1. The minimum Gasteiger partial charge on any atom is -0.465 e. The van der Waals surface area contributed by atoms with Crippen molar-refractivity contribution in [3.8, 4) is 10.4 Å². The van der Waals surface area contributed by atoms with Gasteiger partial charge in [-0.15, -0.1) is 11.3 Å². The van der Waals surface area contributed by atoms with Crippen LogP contribution in [-0.4, -0.2) is 45.0 Å². The van der Waals surface area contributed by atoms with Crippen molar-refractivity contribution in [3.63, 3.8) is 0 Å². The maximum Gasteiger partial charge on any atom is 0.338 e. The highest BCUT2D eigenvalue weighted by Crippen LogP contribution is 2.33. The first-order chi connectivity index (χ1) is 13.6. The smallest absolute Gasteiger partial charge is 0.338 e. The standard InChI is InChI=1S/C21H25NO5S/c1-14-17(21(24)25-2)13-18(28-14)15-7-3-4-8-16(15)20(23)22-10-12-27-19-9-5-6-11-26-19/h3-4,7-8,13,19H,5-6,9-12H2,1-2H3,(H,22,23). The van der Waals surface area contributed by atoms with Gasteiger partial charge in [0, 0.05) is 34.0 Å². The Labute approximate surface area is 168 Å². The van der Waals surface area contributed by atoms with Crippen molar-refractivity contribution < 1.29 is 23.8 Å². The average Bonchev–Trinajstić information content (AvgIpc) is 3.12. The second-order valence-electron chi connectivity index (χ2n) is 6.54. The highest BCUT2D eigenvalue weighted by atomic mass is 32.1. The highest BCUT2D eigenvalue weighted by Gasteiger charge is 2.19. The lowest BCUT2D eigenvalue weighted by Crippen LogP contribution is -2.30. The monoisotopic (exact) mass is 403 g/mol. The van der Waals surface area contributed by atoms with Crippen molar-refractivity contribution in [1.82, 2.24) is 5.32 Å². The van der Waals surface area contributed by atoms with Crippen LogP contribution in [0.1, 0.15) is 44.9 Å². The summed E-state index contributed by atoms with van der Waals surface area (Å²) in [5, 5.41) is 2.90. The molecule has 1 aliphatic rings. The predicted octanol–water partition coefficient (Wildman–Crippen LogP) is 3.78. The van der Waals surface area contributed by atoms with E-state index in [4.69, 9.17) is 14.2 Å². The van der Waals surface area contributed by atoms with E-state index in [1.165, 1.54) is 18.4 Å². The van der Waals surface area contributed by atoms with Crippen LogP contribution in [0.15, 0.2) is 30.3 Å². The molecule has 0 spiro atoms. The van der Waals surface area contributed by atoms with E-state index < -0.39 is 0 Å². The maximum atomic E-state index is 12.7. The van der Waals surface area contributed by atoms with Crippen LogP contribution in [0.5, 0.6) is 0 Å². The zero-order valence-electron chi connectivity index (χ0n) is 16.2. The minimum absolute atomic E-state index is 0.163. The molecule has 1 unspecified atom stereocenters. The molecule has 1 amide bonds. The summed E-state index contributed by atoms with van der Waals surface area (Å²) in [5.74, 6) is -0.543. The molecule has 3 rings (SSSR count). The molecule has 1 saturated heterocycles. The predicted molar refractivity (Wildman–Crippen MR) is 108 cm³/mol. The molecule has 1 aliphatic heterocycles. The molecule has 150 valence electrons. The summed E-state index contributed by atoms with van der Waals surface area (Å²) in [6.45, 7) is 3.42. The molecule has 0 bridgehead atoms. The first-order valence-electron chi connectivity index (χ1n) is 9.39. The number of rotatable bonds is 7. The summed E-state index contributed by atoms with van der Waals surface area (Å²) in [5.41, 5.74) is 1.88. The zero-order chi connectivity index (χ0) is 19.9. The summed E-state index contributed by atoms with van der Waals surface area (Å²) >= 11 is 1.47. The number of benzene rings is 1. The molecule has 1 aromatic heterocycles. The Morgan fingerprint density at radius 3 is 2.82 bits per heavy atom. The van der Waals surface area contributed by atoms with Gasteiger partial charge in [-0.3, -0.25) is 4.79 Å². The van der Waals surface area contributed by atoms with Gasteiger partial charge in [0.25, 0.3) is 5.91 Å². The van der Waals surface area contributed by atoms with Crippen LogP contribution < -0.4 is 5.32 Å². The fourth-order valence-corrected chi connectivity index (χ4v) is 4.16. The number of carbonyl (C=O) groups excluding carboxylic acids is 2. The summed E-state index contributed by atoms with van der Waals surface area (Å²) in [6.07, 6.45) is 2.92. The third kappa shape index (κ3) is 4.98. The van der Waals surface area contributed by atoms with Gasteiger partial charge in [-0.1, -0.05) is 18.2 Å². The lowest BCUT2D eigenvalue weighted by molar-refractivity contribution is -0.161. The van der Waals surface area contributed by atoms with E-state index in [-0.39, 0.29) is 18.2 Å². The second kappa shape index (κ2) is 9.82. The van der Waals surface area contributed by atoms with Crippen LogP contribution in [0.25, 0.3) is 10.4 Å². The number of amides is 1. The molecule has 1 aromatic carbocycles. The molecule has 1 atom stereocenters. The number of methoxy groups -OCH3 is 1. The van der Waals surface area contributed by atoms with Crippen molar-refractivity contribution in [3.05, 3.63) is 46.3 Å². The quantitative estimate of drug-likeness (QED) is 0.563. The van der Waals surface area contributed by atoms with E-state index in [1.54, 1.807) is 12.1 Å². The molecule has 0 aliphatic carbocycles. The fourth-order valence-electron chi connectivity index (χ4n) is 3.12. The van der Waals surface area contributed by atoms with Crippen LogP contribution in [0.2, 0.25) is 0 Å². The van der Waals surface area contributed by atoms with E-state index in [9.17, 15) is 9.59 Å². The van der Waals surface area contributed by atoms with E-state index in [0.717, 1.165) is 41.2 Å². The highest BCUT2D eigenvalue weighted by molar-refractivity contribution is 7.15. The molecule has 0 radical (unpaired) electrons. The van der Waals surface area contributed by atoms with Crippen LogP contribution in [0, 0.1) is 6.92 Å². The Bertz CT molecular complexity index is 826. The number of ether oxygens (including phenoxy) is 3. The van der Waals surface area contributed by atoms with Crippen molar-refractivity contribution in [2.75, 3.05) is 26.9 Å². The Kier molecular flexibility index (Phi) is 7.19. The van der Waals surface area contributed by atoms with Gasteiger partial charge in [-0.05, 0) is 38.3 Å². The molecular formula is C21H25NO5S.